The molecule has 3 N–H and O–H groups in total. The highest BCUT2D eigenvalue weighted by Crippen LogP contribution is 2.37. The zero-order valence-electron chi connectivity index (χ0n) is 10.4. The van der Waals surface area contributed by atoms with Gasteiger partial charge in [-0.25, -0.2) is 0 Å². The molecule has 0 amide bonds. The molecule has 0 aromatic carbocycles. The van der Waals surface area contributed by atoms with Gasteiger partial charge in [0, 0.05) is 11.1 Å². The topological polar surface area (TPSA) is 49.9 Å². The van der Waals surface area contributed by atoms with Crippen molar-refractivity contribution in [3.63, 3.8) is 0 Å². The van der Waals surface area contributed by atoms with Crippen molar-refractivity contribution in [1.82, 2.24) is 0 Å². The summed E-state index contributed by atoms with van der Waals surface area (Å²) >= 11 is 0. The first-order valence-electron chi connectivity index (χ1n) is 5.47. The molecule has 0 aliphatic heterocycles. The van der Waals surface area contributed by atoms with Gasteiger partial charge < -0.3 is 11.1 Å². The predicted octanol–water partition coefficient (Wildman–Crippen LogP) is 3.21. The molecule has 0 atom stereocenters. The van der Waals surface area contributed by atoms with Crippen LogP contribution < -0.4 is 5.73 Å². The maximum Gasteiger partial charge on any atom is 0.0115 e. The van der Waals surface area contributed by atoms with Crippen LogP contribution in [0.5, 0.6) is 0 Å². The summed E-state index contributed by atoms with van der Waals surface area (Å²) in [6.07, 6.45) is 3.30. The lowest BCUT2D eigenvalue weighted by Gasteiger charge is -2.34. The van der Waals surface area contributed by atoms with Gasteiger partial charge in [0.2, 0.25) is 0 Å². The van der Waals surface area contributed by atoms with Crippen molar-refractivity contribution in [2.24, 2.45) is 16.6 Å². The molecule has 2 heteroatoms. The van der Waals surface area contributed by atoms with Gasteiger partial charge in [0.05, 0.1) is 0 Å². The van der Waals surface area contributed by atoms with Crippen LogP contribution in [-0.2, 0) is 0 Å². The lowest BCUT2D eigenvalue weighted by molar-refractivity contribution is 0.229. The fraction of sp³-hybridized carbons (Fsp3) is 0.917. The third kappa shape index (κ3) is 4.75. The second kappa shape index (κ2) is 4.92. The fourth-order valence-corrected chi connectivity index (χ4v) is 2.00. The Kier molecular flexibility index (Phi) is 4.79. The second-order valence-corrected chi connectivity index (χ2v) is 5.74. The molecule has 0 rings (SSSR count). The minimum absolute atomic E-state index is 0.0259. The van der Waals surface area contributed by atoms with Crippen molar-refractivity contribution in [2.75, 3.05) is 6.54 Å². The molecule has 0 bridgehead atoms. The minimum Gasteiger partial charge on any atom is -0.330 e. The van der Waals surface area contributed by atoms with Gasteiger partial charge in [-0.05, 0) is 38.1 Å². The Morgan fingerprint density at radius 2 is 1.71 bits per heavy atom. The van der Waals surface area contributed by atoms with Gasteiger partial charge in [0.15, 0.2) is 0 Å². The molecule has 0 radical (unpaired) electrons. The van der Waals surface area contributed by atoms with Crippen LogP contribution in [0.25, 0.3) is 0 Å². The monoisotopic (exact) mass is 198 g/mol. The van der Waals surface area contributed by atoms with Gasteiger partial charge >= 0.3 is 0 Å². The van der Waals surface area contributed by atoms with Crippen molar-refractivity contribution in [1.29, 1.82) is 5.41 Å². The summed E-state index contributed by atoms with van der Waals surface area (Å²) in [5.74, 6) is 0. The summed E-state index contributed by atoms with van der Waals surface area (Å²) in [6.45, 7) is 11.5. The van der Waals surface area contributed by atoms with E-state index in [4.69, 9.17) is 11.1 Å². The molecule has 0 aliphatic carbocycles. The molecule has 0 saturated heterocycles. The van der Waals surface area contributed by atoms with Crippen LogP contribution in [0, 0.1) is 16.2 Å². The van der Waals surface area contributed by atoms with Crippen molar-refractivity contribution in [3.05, 3.63) is 0 Å². The molecule has 0 aromatic rings. The lowest BCUT2D eigenvalue weighted by atomic mass is 9.71. The molecule has 0 fully saturated rings. The Bertz CT molecular complexity index is 192. The van der Waals surface area contributed by atoms with Crippen molar-refractivity contribution >= 4 is 5.71 Å². The molecule has 2 nitrogen and oxygen atoms in total. The van der Waals surface area contributed by atoms with Crippen molar-refractivity contribution in [2.45, 2.75) is 53.9 Å². The van der Waals surface area contributed by atoms with E-state index >= 15 is 0 Å². The van der Waals surface area contributed by atoms with E-state index in [9.17, 15) is 0 Å². The van der Waals surface area contributed by atoms with Gasteiger partial charge in [-0.3, -0.25) is 0 Å². The second-order valence-electron chi connectivity index (χ2n) is 5.74. The van der Waals surface area contributed by atoms with Crippen molar-refractivity contribution < 1.29 is 0 Å². The maximum absolute atomic E-state index is 7.73. The van der Waals surface area contributed by atoms with E-state index in [2.05, 4.69) is 27.7 Å². The van der Waals surface area contributed by atoms with E-state index in [1.54, 1.807) is 0 Å². The van der Waals surface area contributed by atoms with Gasteiger partial charge in [-0.2, -0.15) is 0 Å². The SMILES string of the molecule is CC(=N)C(C)(C)CC(C)(C)CCCN. The van der Waals surface area contributed by atoms with Gasteiger partial charge in [-0.15, -0.1) is 0 Å². The van der Waals surface area contributed by atoms with Crippen LogP contribution >= 0.6 is 0 Å². The highest BCUT2D eigenvalue weighted by atomic mass is 14.5. The summed E-state index contributed by atoms with van der Waals surface area (Å²) in [4.78, 5) is 0. The molecular weight excluding hydrogens is 172 g/mol. The van der Waals surface area contributed by atoms with Gasteiger partial charge in [0.25, 0.3) is 0 Å². The smallest absolute Gasteiger partial charge is 0.0115 e. The average molecular weight is 198 g/mol. The molecule has 0 spiro atoms. The maximum atomic E-state index is 7.73. The van der Waals surface area contributed by atoms with E-state index in [0.29, 0.717) is 5.41 Å². The Balaban J connectivity index is 4.26. The third-order valence-electron chi connectivity index (χ3n) is 2.99. The van der Waals surface area contributed by atoms with Crippen LogP contribution in [0.2, 0.25) is 0 Å². The number of nitrogens with one attached hydrogen (secondary N) is 1. The number of hydrogen-bond acceptors (Lipinski definition) is 2. The Hall–Kier alpha value is -0.370. The Morgan fingerprint density at radius 1 is 1.21 bits per heavy atom. The van der Waals surface area contributed by atoms with E-state index in [-0.39, 0.29) is 5.41 Å². The van der Waals surface area contributed by atoms with Crippen LogP contribution in [0.4, 0.5) is 0 Å². The first-order valence-corrected chi connectivity index (χ1v) is 5.47. The molecule has 0 saturated carbocycles. The first kappa shape index (κ1) is 13.6. The van der Waals surface area contributed by atoms with Crippen LogP contribution in [0.15, 0.2) is 0 Å². The normalized spacial score (nSPS) is 13.0. The zero-order chi connectivity index (χ0) is 11.4. The molecule has 84 valence electrons. The molecule has 0 unspecified atom stereocenters. The average Bonchev–Trinajstić information content (AvgIpc) is 1.99. The van der Waals surface area contributed by atoms with Crippen molar-refractivity contribution in [3.8, 4) is 0 Å². The lowest BCUT2D eigenvalue weighted by Crippen LogP contribution is -2.29. The summed E-state index contributed by atoms with van der Waals surface area (Å²) in [6, 6.07) is 0. The van der Waals surface area contributed by atoms with E-state index in [1.165, 1.54) is 0 Å². The third-order valence-corrected chi connectivity index (χ3v) is 2.99. The largest absolute Gasteiger partial charge is 0.330 e. The highest BCUT2D eigenvalue weighted by molar-refractivity contribution is 5.84. The van der Waals surface area contributed by atoms with E-state index < -0.39 is 0 Å². The standard InChI is InChI=1S/C12H26N2/c1-10(14)12(4,5)9-11(2,3)7-6-8-13/h14H,6-9,13H2,1-5H3. The van der Waals surface area contributed by atoms with Gasteiger partial charge in [-0.1, -0.05) is 27.7 Å². The predicted molar refractivity (Wildman–Crippen MR) is 63.9 cm³/mol. The van der Waals surface area contributed by atoms with Crippen LogP contribution in [-0.4, -0.2) is 12.3 Å². The van der Waals surface area contributed by atoms with Crippen LogP contribution in [0.3, 0.4) is 0 Å². The zero-order valence-corrected chi connectivity index (χ0v) is 10.4. The molecule has 14 heavy (non-hydrogen) atoms. The van der Waals surface area contributed by atoms with Crippen LogP contribution in [0.1, 0.15) is 53.9 Å². The summed E-state index contributed by atoms with van der Waals surface area (Å²) < 4.78 is 0. The van der Waals surface area contributed by atoms with Gasteiger partial charge in [0.1, 0.15) is 0 Å². The summed E-state index contributed by atoms with van der Waals surface area (Å²) in [5.41, 5.74) is 6.62. The Labute approximate surface area is 88.8 Å². The summed E-state index contributed by atoms with van der Waals surface area (Å²) in [7, 11) is 0. The number of hydrogen-bond donors (Lipinski definition) is 2. The Morgan fingerprint density at radius 3 is 2.07 bits per heavy atom. The number of rotatable bonds is 6. The minimum atomic E-state index is 0.0259. The van der Waals surface area contributed by atoms with E-state index in [1.807, 2.05) is 6.92 Å². The molecule has 0 aliphatic rings. The quantitative estimate of drug-likeness (QED) is 0.633. The first-order chi connectivity index (χ1) is 6.21. The molecule has 0 aromatic heterocycles. The molecule has 0 heterocycles. The number of nitrogens with two attached hydrogens (primary N) is 1. The highest BCUT2D eigenvalue weighted by Gasteiger charge is 2.29. The fourth-order valence-electron chi connectivity index (χ4n) is 2.00. The van der Waals surface area contributed by atoms with E-state index in [0.717, 1.165) is 31.5 Å². The molecular formula is C12H26N2. The summed E-state index contributed by atoms with van der Waals surface area (Å²) in [5, 5.41) is 7.73.